The van der Waals surface area contributed by atoms with Gasteiger partial charge in [0, 0.05) is 26.0 Å². The van der Waals surface area contributed by atoms with Crippen LogP contribution in [-0.2, 0) is 17.1 Å². The van der Waals surface area contributed by atoms with Crippen molar-refractivity contribution in [2.45, 2.75) is 31.3 Å². The van der Waals surface area contributed by atoms with E-state index in [0.717, 1.165) is 0 Å². The Morgan fingerprint density at radius 2 is 2.12 bits per heavy atom. The van der Waals surface area contributed by atoms with Crippen LogP contribution in [0.25, 0.3) is 0 Å². The number of aliphatic hydroxyl groups is 1. The minimum absolute atomic E-state index is 0.0510. The lowest BCUT2D eigenvalue weighted by molar-refractivity contribution is 0.152. The smallest absolute Gasteiger partial charge is 0.242 e. The fourth-order valence-electron chi connectivity index (χ4n) is 1.55. The lowest BCUT2D eigenvalue weighted by Gasteiger charge is -2.13. The maximum Gasteiger partial charge on any atom is 0.242 e. The number of aryl methyl sites for hydroxylation is 1. The summed E-state index contributed by atoms with van der Waals surface area (Å²) in [6, 6.07) is 1.52. The summed E-state index contributed by atoms with van der Waals surface area (Å²) in [5.74, 6) is 0.339. The van der Waals surface area contributed by atoms with Crippen LogP contribution in [0.1, 0.15) is 20.3 Å². The van der Waals surface area contributed by atoms with Crippen LogP contribution in [0, 0.1) is 5.92 Å². The van der Waals surface area contributed by atoms with Crippen molar-refractivity contribution in [2.75, 3.05) is 6.54 Å². The van der Waals surface area contributed by atoms with Crippen molar-refractivity contribution in [3.05, 3.63) is 18.5 Å². The predicted octanol–water partition coefficient (Wildman–Crippen LogP) is 0.710. The van der Waals surface area contributed by atoms with E-state index in [1.165, 1.54) is 12.3 Å². The molecule has 0 aliphatic rings. The van der Waals surface area contributed by atoms with E-state index in [0.29, 0.717) is 12.3 Å². The molecular formula is C11H20N2O3S. The summed E-state index contributed by atoms with van der Waals surface area (Å²) in [4.78, 5) is 0.219. The van der Waals surface area contributed by atoms with E-state index in [-0.39, 0.29) is 11.4 Å². The van der Waals surface area contributed by atoms with Gasteiger partial charge in [0.15, 0.2) is 0 Å². The van der Waals surface area contributed by atoms with Crippen molar-refractivity contribution >= 4 is 10.0 Å². The third kappa shape index (κ3) is 4.49. The van der Waals surface area contributed by atoms with Crippen LogP contribution in [0.3, 0.4) is 0 Å². The van der Waals surface area contributed by atoms with Crippen LogP contribution in [0.15, 0.2) is 23.4 Å². The zero-order valence-electron chi connectivity index (χ0n) is 10.4. The number of hydrogen-bond donors (Lipinski definition) is 2. The average Bonchev–Trinajstić information content (AvgIpc) is 2.62. The second kappa shape index (κ2) is 5.66. The molecule has 0 radical (unpaired) electrons. The van der Waals surface area contributed by atoms with Gasteiger partial charge in [0.1, 0.15) is 0 Å². The molecule has 5 nitrogen and oxygen atoms in total. The molecule has 1 atom stereocenters. The van der Waals surface area contributed by atoms with Crippen molar-refractivity contribution < 1.29 is 13.5 Å². The number of rotatable bonds is 6. The van der Waals surface area contributed by atoms with Crippen molar-refractivity contribution in [3.63, 3.8) is 0 Å². The largest absolute Gasteiger partial charge is 0.392 e. The lowest BCUT2D eigenvalue weighted by Crippen LogP contribution is -2.32. The summed E-state index contributed by atoms with van der Waals surface area (Å²) in [6.07, 6.45) is 3.13. The van der Waals surface area contributed by atoms with Crippen LogP contribution in [0.4, 0.5) is 0 Å². The molecule has 6 heteroatoms. The molecular weight excluding hydrogens is 240 g/mol. The van der Waals surface area contributed by atoms with Crippen LogP contribution in [0.5, 0.6) is 0 Å². The van der Waals surface area contributed by atoms with E-state index < -0.39 is 16.1 Å². The third-order valence-corrected chi connectivity index (χ3v) is 3.78. The topological polar surface area (TPSA) is 71.3 Å². The van der Waals surface area contributed by atoms with Gasteiger partial charge in [-0.1, -0.05) is 13.8 Å². The van der Waals surface area contributed by atoms with Gasteiger partial charge in [0.25, 0.3) is 0 Å². The molecule has 0 aliphatic heterocycles. The van der Waals surface area contributed by atoms with Crippen molar-refractivity contribution in [3.8, 4) is 0 Å². The Morgan fingerprint density at radius 1 is 1.47 bits per heavy atom. The number of aromatic nitrogens is 1. The number of aliphatic hydroxyl groups excluding tert-OH is 1. The molecule has 0 saturated carbocycles. The Kier molecular flexibility index (Phi) is 4.73. The highest BCUT2D eigenvalue weighted by Crippen LogP contribution is 2.09. The van der Waals surface area contributed by atoms with Gasteiger partial charge in [-0.2, -0.15) is 0 Å². The highest BCUT2D eigenvalue weighted by molar-refractivity contribution is 7.89. The van der Waals surface area contributed by atoms with Crippen molar-refractivity contribution in [1.29, 1.82) is 0 Å². The fraction of sp³-hybridized carbons (Fsp3) is 0.636. The molecule has 1 aromatic heterocycles. The minimum atomic E-state index is -3.50. The second-order valence-electron chi connectivity index (χ2n) is 4.65. The molecule has 1 rings (SSSR count). The minimum Gasteiger partial charge on any atom is -0.392 e. The first-order chi connectivity index (χ1) is 7.81. The van der Waals surface area contributed by atoms with E-state index in [1.807, 2.05) is 13.8 Å². The van der Waals surface area contributed by atoms with E-state index in [1.54, 1.807) is 17.8 Å². The standard InChI is InChI=1S/C11H20N2O3S/c1-9(2)6-10(14)7-12-17(15,16)11-4-5-13(3)8-11/h4-5,8-10,12,14H,6-7H2,1-3H3. The Morgan fingerprint density at radius 3 is 2.59 bits per heavy atom. The molecule has 0 bridgehead atoms. The van der Waals surface area contributed by atoms with Crippen LogP contribution < -0.4 is 4.72 Å². The molecule has 17 heavy (non-hydrogen) atoms. The summed E-state index contributed by atoms with van der Waals surface area (Å²) < 4.78 is 27.7. The maximum atomic E-state index is 11.8. The van der Waals surface area contributed by atoms with Gasteiger partial charge < -0.3 is 9.67 Å². The van der Waals surface area contributed by atoms with Gasteiger partial charge in [-0.3, -0.25) is 0 Å². The summed E-state index contributed by atoms with van der Waals surface area (Å²) >= 11 is 0. The average molecular weight is 260 g/mol. The summed E-state index contributed by atoms with van der Waals surface area (Å²) in [5, 5.41) is 9.60. The first-order valence-corrected chi connectivity index (χ1v) is 7.09. The van der Waals surface area contributed by atoms with Gasteiger partial charge in [-0.15, -0.1) is 0 Å². The Balaban J connectivity index is 2.56. The summed E-state index contributed by atoms with van der Waals surface area (Å²) in [5.41, 5.74) is 0. The Labute approximate surface area is 103 Å². The second-order valence-corrected chi connectivity index (χ2v) is 6.41. The number of hydrogen-bond acceptors (Lipinski definition) is 3. The molecule has 1 aromatic rings. The SMILES string of the molecule is CC(C)CC(O)CNS(=O)(=O)c1ccn(C)c1. The molecule has 0 saturated heterocycles. The first kappa shape index (κ1) is 14.2. The van der Waals surface area contributed by atoms with E-state index in [2.05, 4.69) is 4.72 Å². The normalized spacial score (nSPS) is 14.2. The number of nitrogens with zero attached hydrogens (tertiary/aromatic N) is 1. The first-order valence-electron chi connectivity index (χ1n) is 5.61. The zero-order valence-corrected chi connectivity index (χ0v) is 11.2. The predicted molar refractivity (Wildman–Crippen MR) is 66.1 cm³/mol. The quantitative estimate of drug-likeness (QED) is 0.791. The number of nitrogens with one attached hydrogen (secondary N) is 1. The van der Waals surface area contributed by atoms with Crippen molar-refractivity contribution in [2.24, 2.45) is 13.0 Å². The lowest BCUT2D eigenvalue weighted by atomic mass is 10.1. The highest BCUT2D eigenvalue weighted by Gasteiger charge is 2.17. The van der Waals surface area contributed by atoms with Crippen molar-refractivity contribution in [1.82, 2.24) is 9.29 Å². The molecule has 0 amide bonds. The molecule has 1 unspecified atom stereocenters. The molecule has 0 aromatic carbocycles. The van der Waals surface area contributed by atoms with Gasteiger partial charge in [-0.25, -0.2) is 13.1 Å². The maximum absolute atomic E-state index is 11.8. The fourth-order valence-corrected chi connectivity index (χ4v) is 2.68. The molecule has 98 valence electrons. The van der Waals surface area contributed by atoms with E-state index in [9.17, 15) is 13.5 Å². The molecule has 2 N–H and O–H groups in total. The summed E-state index contributed by atoms with van der Waals surface area (Å²) in [6.45, 7) is 4.01. The van der Waals surface area contributed by atoms with Crippen LogP contribution in [0.2, 0.25) is 0 Å². The summed E-state index contributed by atoms with van der Waals surface area (Å²) in [7, 11) is -1.74. The Hall–Kier alpha value is -0.850. The Bertz CT molecular complexity index is 451. The molecule has 0 fully saturated rings. The van der Waals surface area contributed by atoms with E-state index >= 15 is 0 Å². The van der Waals surface area contributed by atoms with E-state index in [4.69, 9.17) is 0 Å². The van der Waals surface area contributed by atoms with Gasteiger partial charge in [-0.05, 0) is 18.4 Å². The van der Waals surface area contributed by atoms with Crippen LogP contribution >= 0.6 is 0 Å². The monoisotopic (exact) mass is 260 g/mol. The highest BCUT2D eigenvalue weighted by atomic mass is 32.2. The zero-order chi connectivity index (χ0) is 13.1. The molecule has 0 aliphatic carbocycles. The third-order valence-electron chi connectivity index (χ3n) is 2.37. The van der Waals surface area contributed by atoms with Crippen LogP contribution in [-0.4, -0.2) is 30.7 Å². The molecule has 0 spiro atoms. The van der Waals surface area contributed by atoms with Gasteiger partial charge in [0.05, 0.1) is 11.0 Å². The molecule has 1 heterocycles. The van der Waals surface area contributed by atoms with Gasteiger partial charge in [0.2, 0.25) is 10.0 Å². The number of sulfonamides is 1. The van der Waals surface area contributed by atoms with Gasteiger partial charge >= 0.3 is 0 Å².